The zero-order valence-electron chi connectivity index (χ0n) is 15.1. The Morgan fingerprint density at radius 3 is 2.63 bits per heavy atom. The highest BCUT2D eigenvalue weighted by molar-refractivity contribution is 5.83. The van der Waals surface area contributed by atoms with Gasteiger partial charge in [-0.3, -0.25) is 9.36 Å². The van der Waals surface area contributed by atoms with E-state index >= 15 is 0 Å². The monoisotopic (exact) mass is 364 g/mol. The second-order valence-electron chi connectivity index (χ2n) is 7.09. The average Bonchev–Trinajstić information content (AvgIpc) is 3.07. The standard InChI is InChI=1S/C20H20N4O3/c1-13-21-11-15(12-22-13)14-2-3-16-17(10-14)23-18-4-5-20(26-8-9-27-20)6-7-24(18)19(16)25/h2-3,10-12H,4-9H2,1H3. The van der Waals surface area contributed by atoms with E-state index in [0.29, 0.717) is 43.5 Å². The Hall–Kier alpha value is -2.64. The Bertz CT molecular complexity index is 1070. The summed E-state index contributed by atoms with van der Waals surface area (Å²) in [4.78, 5) is 26.3. The maximum atomic E-state index is 13.0. The number of nitrogens with zero attached hydrogens (tertiary/aromatic N) is 4. The Morgan fingerprint density at radius 1 is 1.07 bits per heavy atom. The Balaban J connectivity index is 1.58. The molecule has 0 N–H and O–H groups in total. The molecule has 0 aliphatic carbocycles. The number of hydrogen-bond donors (Lipinski definition) is 0. The van der Waals surface area contributed by atoms with Gasteiger partial charge in [0.15, 0.2) is 5.79 Å². The van der Waals surface area contributed by atoms with Gasteiger partial charge >= 0.3 is 0 Å². The first-order valence-electron chi connectivity index (χ1n) is 9.24. The molecule has 1 fully saturated rings. The Morgan fingerprint density at radius 2 is 1.85 bits per heavy atom. The first kappa shape index (κ1) is 16.5. The lowest BCUT2D eigenvalue weighted by atomic mass is 10.1. The van der Waals surface area contributed by atoms with E-state index in [9.17, 15) is 4.79 Å². The minimum atomic E-state index is -0.559. The minimum absolute atomic E-state index is 0.00301. The van der Waals surface area contributed by atoms with E-state index in [0.717, 1.165) is 29.2 Å². The highest BCUT2D eigenvalue weighted by Crippen LogP contribution is 2.32. The molecule has 2 aromatic heterocycles. The summed E-state index contributed by atoms with van der Waals surface area (Å²) in [5.41, 5.74) is 2.56. The number of aromatic nitrogens is 4. The lowest BCUT2D eigenvalue weighted by molar-refractivity contribution is -0.165. The molecule has 1 spiro atoms. The van der Waals surface area contributed by atoms with Crippen LogP contribution in [0.25, 0.3) is 22.0 Å². The zero-order valence-corrected chi connectivity index (χ0v) is 15.1. The smallest absolute Gasteiger partial charge is 0.261 e. The van der Waals surface area contributed by atoms with Crippen molar-refractivity contribution in [1.29, 1.82) is 0 Å². The SMILES string of the molecule is Cc1ncc(-c2ccc3c(=O)n4c(nc3c2)CCC2(CC4)OCCO2)cn1. The summed E-state index contributed by atoms with van der Waals surface area (Å²) in [6.07, 6.45) is 5.63. The van der Waals surface area contributed by atoms with Gasteiger partial charge in [0.25, 0.3) is 5.56 Å². The van der Waals surface area contributed by atoms with E-state index in [1.807, 2.05) is 25.1 Å². The number of ether oxygens (including phenoxy) is 2. The van der Waals surface area contributed by atoms with Crippen molar-refractivity contribution in [2.45, 2.75) is 38.5 Å². The van der Waals surface area contributed by atoms with Crippen molar-refractivity contribution < 1.29 is 9.47 Å². The highest BCUT2D eigenvalue weighted by atomic mass is 16.7. The van der Waals surface area contributed by atoms with Gasteiger partial charge in [-0.25, -0.2) is 15.0 Å². The fourth-order valence-corrected chi connectivity index (χ4v) is 3.90. The van der Waals surface area contributed by atoms with Crippen molar-refractivity contribution in [2.75, 3.05) is 13.2 Å². The molecule has 2 aliphatic heterocycles. The molecule has 1 aromatic carbocycles. The van der Waals surface area contributed by atoms with E-state index in [-0.39, 0.29) is 5.56 Å². The maximum absolute atomic E-state index is 13.0. The summed E-state index contributed by atoms with van der Waals surface area (Å²) in [6, 6.07) is 5.71. The van der Waals surface area contributed by atoms with Crippen LogP contribution in [0.15, 0.2) is 35.4 Å². The molecule has 0 atom stereocenters. The predicted molar refractivity (Wildman–Crippen MR) is 99.3 cm³/mol. The van der Waals surface area contributed by atoms with Crippen LogP contribution >= 0.6 is 0 Å². The van der Waals surface area contributed by atoms with E-state index in [1.54, 1.807) is 17.0 Å². The molecular formula is C20H20N4O3. The summed E-state index contributed by atoms with van der Waals surface area (Å²) in [7, 11) is 0. The topological polar surface area (TPSA) is 79.1 Å². The molecule has 0 bridgehead atoms. The summed E-state index contributed by atoms with van der Waals surface area (Å²) in [5.74, 6) is 0.962. The van der Waals surface area contributed by atoms with Crippen LogP contribution in [0.4, 0.5) is 0 Å². The molecule has 5 rings (SSSR count). The fourth-order valence-electron chi connectivity index (χ4n) is 3.90. The quantitative estimate of drug-likeness (QED) is 0.659. The number of hydrogen-bond acceptors (Lipinski definition) is 6. The molecule has 7 heteroatoms. The van der Waals surface area contributed by atoms with Crippen LogP contribution in [-0.4, -0.2) is 38.5 Å². The third kappa shape index (κ3) is 2.83. The summed E-state index contributed by atoms with van der Waals surface area (Å²) < 4.78 is 13.4. The van der Waals surface area contributed by atoms with Crippen molar-refractivity contribution in [1.82, 2.24) is 19.5 Å². The summed E-state index contributed by atoms with van der Waals surface area (Å²) in [6.45, 7) is 3.64. The normalized spacial score (nSPS) is 18.6. The largest absolute Gasteiger partial charge is 0.347 e. The van der Waals surface area contributed by atoms with Gasteiger partial charge in [-0.1, -0.05) is 6.07 Å². The Kier molecular flexibility index (Phi) is 3.80. The molecule has 0 amide bonds. The highest BCUT2D eigenvalue weighted by Gasteiger charge is 2.38. The first-order valence-corrected chi connectivity index (χ1v) is 9.24. The van der Waals surface area contributed by atoms with Crippen molar-refractivity contribution in [3.8, 4) is 11.1 Å². The van der Waals surface area contributed by atoms with Crippen LogP contribution in [0, 0.1) is 6.92 Å². The van der Waals surface area contributed by atoms with Gasteiger partial charge in [0.2, 0.25) is 0 Å². The summed E-state index contributed by atoms with van der Waals surface area (Å²) in [5, 5.41) is 0.625. The van der Waals surface area contributed by atoms with E-state index < -0.39 is 5.79 Å². The van der Waals surface area contributed by atoms with Gasteiger partial charge in [0.05, 0.1) is 24.1 Å². The molecule has 27 heavy (non-hydrogen) atoms. The van der Waals surface area contributed by atoms with Gasteiger partial charge < -0.3 is 9.47 Å². The molecule has 0 unspecified atom stereocenters. The molecule has 3 aromatic rings. The van der Waals surface area contributed by atoms with Gasteiger partial charge in [-0.15, -0.1) is 0 Å². The number of benzene rings is 1. The Labute approximate surface area is 156 Å². The van der Waals surface area contributed by atoms with Crippen LogP contribution in [0.1, 0.15) is 24.5 Å². The maximum Gasteiger partial charge on any atom is 0.261 e. The zero-order chi connectivity index (χ0) is 18.4. The molecule has 1 saturated heterocycles. The van der Waals surface area contributed by atoms with Crippen LogP contribution < -0.4 is 5.56 Å². The van der Waals surface area contributed by atoms with Crippen LogP contribution in [0.2, 0.25) is 0 Å². The second kappa shape index (κ2) is 6.21. The predicted octanol–water partition coefficient (Wildman–Crippen LogP) is 2.24. The van der Waals surface area contributed by atoms with Gasteiger partial charge in [-0.2, -0.15) is 0 Å². The van der Waals surface area contributed by atoms with E-state index in [4.69, 9.17) is 14.5 Å². The van der Waals surface area contributed by atoms with Gasteiger partial charge in [-0.05, 0) is 24.6 Å². The third-order valence-corrected chi connectivity index (χ3v) is 5.41. The van der Waals surface area contributed by atoms with E-state index in [1.165, 1.54) is 0 Å². The average molecular weight is 364 g/mol. The van der Waals surface area contributed by atoms with Crippen LogP contribution in [-0.2, 0) is 22.4 Å². The number of aryl methyl sites for hydroxylation is 2. The number of rotatable bonds is 1. The lowest BCUT2D eigenvalue weighted by Crippen LogP contribution is -2.31. The molecular weight excluding hydrogens is 344 g/mol. The lowest BCUT2D eigenvalue weighted by Gasteiger charge is -2.24. The molecule has 4 heterocycles. The molecule has 2 aliphatic rings. The molecule has 0 saturated carbocycles. The summed E-state index contributed by atoms with van der Waals surface area (Å²) >= 11 is 0. The third-order valence-electron chi connectivity index (χ3n) is 5.41. The van der Waals surface area contributed by atoms with Crippen molar-refractivity contribution >= 4 is 10.9 Å². The molecule has 138 valence electrons. The minimum Gasteiger partial charge on any atom is -0.347 e. The van der Waals surface area contributed by atoms with Gasteiger partial charge in [0.1, 0.15) is 11.6 Å². The van der Waals surface area contributed by atoms with Gasteiger partial charge in [0, 0.05) is 43.8 Å². The second-order valence-corrected chi connectivity index (χ2v) is 7.09. The van der Waals surface area contributed by atoms with Crippen molar-refractivity contribution in [2.24, 2.45) is 0 Å². The first-order chi connectivity index (χ1) is 13.1. The van der Waals surface area contributed by atoms with Crippen LogP contribution in [0.5, 0.6) is 0 Å². The van der Waals surface area contributed by atoms with Crippen molar-refractivity contribution in [3.05, 3.63) is 52.6 Å². The van der Waals surface area contributed by atoms with Crippen molar-refractivity contribution in [3.63, 3.8) is 0 Å². The van der Waals surface area contributed by atoms with E-state index in [2.05, 4.69) is 9.97 Å². The number of fused-ring (bicyclic) bond motifs is 2. The molecule has 0 radical (unpaired) electrons. The fraction of sp³-hybridized carbons (Fsp3) is 0.400. The van der Waals surface area contributed by atoms with Crippen LogP contribution in [0.3, 0.4) is 0 Å². The molecule has 7 nitrogen and oxygen atoms in total.